The molecule has 0 bridgehead atoms. The van der Waals surface area contributed by atoms with Gasteiger partial charge in [0, 0.05) is 39.6 Å². The SMILES string of the molecule is FC(F)c1cc(NC(c2cn[nH]c2)c2nnnn2CC2CC2)cc(C(F)F)c1Br. The molecule has 3 aromatic rings. The van der Waals surface area contributed by atoms with Crippen LogP contribution in [0.4, 0.5) is 23.2 Å². The van der Waals surface area contributed by atoms with Crippen LogP contribution in [0.5, 0.6) is 0 Å². The molecule has 0 radical (unpaired) electrons. The molecular weight excluding hydrogens is 458 g/mol. The Morgan fingerprint density at radius 2 is 1.86 bits per heavy atom. The van der Waals surface area contributed by atoms with Crippen LogP contribution in [-0.4, -0.2) is 30.4 Å². The Balaban J connectivity index is 1.73. The zero-order chi connectivity index (χ0) is 20.5. The molecule has 0 aliphatic heterocycles. The highest BCUT2D eigenvalue weighted by atomic mass is 79.9. The lowest BCUT2D eigenvalue weighted by molar-refractivity contribution is 0.142. The molecule has 0 saturated heterocycles. The van der Waals surface area contributed by atoms with E-state index in [1.165, 1.54) is 6.20 Å². The third-order valence-corrected chi connectivity index (χ3v) is 5.62. The first-order valence-corrected chi connectivity index (χ1v) is 9.64. The van der Waals surface area contributed by atoms with Crippen molar-refractivity contribution in [2.24, 2.45) is 5.92 Å². The van der Waals surface area contributed by atoms with Gasteiger partial charge in [0.25, 0.3) is 12.9 Å². The second-order valence-corrected chi connectivity index (χ2v) is 7.63. The van der Waals surface area contributed by atoms with E-state index in [9.17, 15) is 17.6 Å². The van der Waals surface area contributed by atoms with Gasteiger partial charge in [-0.2, -0.15) is 5.10 Å². The van der Waals surface area contributed by atoms with Crippen LogP contribution < -0.4 is 5.32 Å². The standard InChI is InChI=1S/C17H16BrF4N7/c18-13-11(15(19)20)3-10(4-12(13)16(21)22)25-14(9-5-23-24-6-9)17-26-27-28-29(17)7-8-1-2-8/h3-6,8,14-16,25H,1-2,7H2,(H,23,24). The summed E-state index contributed by atoms with van der Waals surface area (Å²) in [6.45, 7) is 0.628. The summed E-state index contributed by atoms with van der Waals surface area (Å²) < 4.78 is 54.9. The van der Waals surface area contributed by atoms with Gasteiger partial charge in [0.2, 0.25) is 0 Å². The summed E-state index contributed by atoms with van der Waals surface area (Å²) in [4.78, 5) is 0. The Hall–Kier alpha value is -2.50. The Labute approximate surface area is 171 Å². The second kappa shape index (κ2) is 8.09. The van der Waals surface area contributed by atoms with Gasteiger partial charge in [0.15, 0.2) is 5.82 Å². The fourth-order valence-corrected chi connectivity index (χ4v) is 3.62. The van der Waals surface area contributed by atoms with E-state index in [-0.39, 0.29) is 10.2 Å². The van der Waals surface area contributed by atoms with Gasteiger partial charge in [-0.05, 0) is 57.2 Å². The smallest absolute Gasteiger partial charge is 0.265 e. The molecule has 1 unspecified atom stereocenters. The van der Waals surface area contributed by atoms with E-state index in [0.717, 1.165) is 25.0 Å². The van der Waals surface area contributed by atoms with Crippen molar-refractivity contribution in [1.29, 1.82) is 0 Å². The summed E-state index contributed by atoms with van der Waals surface area (Å²) >= 11 is 2.87. The highest BCUT2D eigenvalue weighted by Crippen LogP contribution is 2.39. The van der Waals surface area contributed by atoms with Crippen molar-refractivity contribution < 1.29 is 17.6 Å². The summed E-state index contributed by atoms with van der Waals surface area (Å²) in [5.74, 6) is 0.934. The molecule has 0 spiro atoms. The van der Waals surface area contributed by atoms with Crippen LogP contribution in [0.2, 0.25) is 0 Å². The Kier molecular flexibility index (Phi) is 5.52. The summed E-state index contributed by atoms with van der Waals surface area (Å²) in [6, 6.07) is 1.62. The number of nitrogens with one attached hydrogen (secondary N) is 2. The average molecular weight is 474 g/mol. The molecule has 154 valence electrons. The maximum atomic E-state index is 13.4. The van der Waals surface area contributed by atoms with Gasteiger partial charge in [0.1, 0.15) is 6.04 Å². The minimum atomic E-state index is -2.92. The average Bonchev–Trinajstić information content (AvgIpc) is 3.14. The van der Waals surface area contributed by atoms with Crippen LogP contribution in [0, 0.1) is 5.92 Å². The second-order valence-electron chi connectivity index (χ2n) is 6.84. The number of H-pyrrole nitrogens is 1. The number of nitrogens with zero attached hydrogens (tertiary/aromatic N) is 5. The molecule has 1 aromatic carbocycles. The highest BCUT2D eigenvalue weighted by Gasteiger charge is 2.29. The largest absolute Gasteiger partial charge is 0.371 e. The van der Waals surface area contributed by atoms with Gasteiger partial charge >= 0.3 is 0 Å². The van der Waals surface area contributed by atoms with E-state index in [1.54, 1.807) is 10.9 Å². The van der Waals surface area contributed by atoms with Crippen LogP contribution in [0.15, 0.2) is 29.0 Å². The molecule has 2 aromatic heterocycles. The highest BCUT2D eigenvalue weighted by molar-refractivity contribution is 9.10. The summed E-state index contributed by atoms with van der Waals surface area (Å²) in [5.41, 5.74) is -0.300. The predicted molar refractivity (Wildman–Crippen MR) is 98.7 cm³/mol. The number of hydrogen-bond donors (Lipinski definition) is 2. The lowest BCUT2D eigenvalue weighted by atomic mass is 10.1. The van der Waals surface area contributed by atoms with Crippen molar-refractivity contribution in [2.75, 3.05) is 5.32 Å². The Morgan fingerprint density at radius 1 is 1.17 bits per heavy atom. The van der Waals surface area contributed by atoms with Gasteiger partial charge in [-0.15, -0.1) is 5.10 Å². The molecule has 12 heteroatoms. The van der Waals surface area contributed by atoms with Gasteiger partial charge in [-0.3, -0.25) is 5.10 Å². The van der Waals surface area contributed by atoms with Crippen LogP contribution in [0.25, 0.3) is 0 Å². The number of halogens is 5. The van der Waals surface area contributed by atoms with Crippen molar-refractivity contribution in [3.8, 4) is 0 Å². The van der Waals surface area contributed by atoms with Crippen molar-refractivity contribution in [1.82, 2.24) is 30.4 Å². The molecule has 1 atom stereocenters. The van der Waals surface area contributed by atoms with E-state index in [4.69, 9.17) is 0 Å². The van der Waals surface area contributed by atoms with Crippen molar-refractivity contribution in [3.05, 3.63) is 51.5 Å². The van der Waals surface area contributed by atoms with Crippen molar-refractivity contribution in [3.63, 3.8) is 0 Å². The topological polar surface area (TPSA) is 84.3 Å². The van der Waals surface area contributed by atoms with Gasteiger partial charge < -0.3 is 5.32 Å². The van der Waals surface area contributed by atoms with E-state index in [0.29, 0.717) is 23.9 Å². The Bertz CT molecular complexity index is 943. The number of tetrazole rings is 1. The van der Waals surface area contributed by atoms with Gasteiger partial charge in [0.05, 0.1) is 6.20 Å². The van der Waals surface area contributed by atoms with Crippen LogP contribution in [0.1, 0.15) is 54.2 Å². The van der Waals surface area contributed by atoms with Gasteiger partial charge in [-0.25, -0.2) is 22.2 Å². The number of alkyl halides is 4. The third-order valence-electron chi connectivity index (χ3n) is 4.71. The van der Waals surface area contributed by atoms with E-state index < -0.39 is 30.0 Å². The molecule has 2 heterocycles. The molecule has 7 nitrogen and oxygen atoms in total. The molecule has 29 heavy (non-hydrogen) atoms. The number of anilines is 1. The summed E-state index contributed by atoms with van der Waals surface area (Å²) in [5, 5.41) is 21.4. The monoisotopic (exact) mass is 473 g/mol. The minimum Gasteiger partial charge on any atom is -0.371 e. The molecule has 1 aliphatic rings. The first-order valence-electron chi connectivity index (χ1n) is 8.85. The molecule has 1 saturated carbocycles. The number of aromatic nitrogens is 6. The Morgan fingerprint density at radius 3 is 2.41 bits per heavy atom. The predicted octanol–water partition coefficient (Wildman–Crippen LogP) is 4.65. The van der Waals surface area contributed by atoms with Crippen LogP contribution >= 0.6 is 15.9 Å². The van der Waals surface area contributed by atoms with E-state index in [1.807, 2.05) is 0 Å². The number of hydrogen-bond acceptors (Lipinski definition) is 5. The molecule has 2 N–H and O–H groups in total. The fourth-order valence-electron chi connectivity index (χ4n) is 3.05. The first kappa shape index (κ1) is 19.8. The fraction of sp³-hybridized carbons (Fsp3) is 0.412. The molecule has 1 fully saturated rings. The quantitative estimate of drug-likeness (QED) is 0.465. The minimum absolute atomic E-state index is 0.103. The molecular formula is C17H16BrF4N7. The number of aromatic amines is 1. The van der Waals surface area contributed by atoms with Crippen LogP contribution in [0.3, 0.4) is 0 Å². The normalized spacial score (nSPS) is 15.3. The maximum Gasteiger partial charge on any atom is 0.265 e. The number of benzene rings is 1. The molecule has 4 rings (SSSR count). The molecule has 0 amide bonds. The summed E-state index contributed by atoms with van der Waals surface area (Å²) in [7, 11) is 0. The maximum absolute atomic E-state index is 13.4. The van der Waals surface area contributed by atoms with Crippen LogP contribution in [-0.2, 0) is 6.54 Å². The van der Waals surface area contributed by atoms with Crippen molar-refractivity contribution >= 4 is 21.6 Å². The number of rotatable bonds is 8. The third kappa shape index (κ3) is 4.26. The van der Waals surface area contributed by atoms with E-state index in [2.05, 4.69) is 47.0 Å². The van der Waals surface area contributed by atoms with Gasteiger partial charge in [-0.1, -0.05) is 0 Å². The van der Waals surface area contributed by atoms with Crippen molar-refractivity contribution in [2.45, 2.75) is 38.3 Å². The van der Waals surface area contributed by atoms with E-state index >= 15 is 0 Å². The lowest BCUT2D eigenvalue weighted by Gasteiger charge is -2.20. The molecule has 1 aliphatic carbocycles. The first-order chi connectivity index (χ1) is 13.9. The lowest BCUT2D eigenvalue weighted by Crippen LogP contribution is -2.19. The zero-order valence-corrected chi connectivity index (χ0v) is 16.5. The zero-order valence-electron chi connectivity index (χ0n) is 14.9. The summed E-state index contributed by atoms with van der Waals surface area (Å²) in [6.07, 6.45) is -0.521.